The monoisotopic (exact) mass is 325 g/mol. The largest absolute Gasteiger partial charge is 0.350 e. The van der Waals surface area contributed by atoms with Gasteiger partial charge in [-0.3, -0.25) is 14.5 Å². The van der Waals surface area contributed by atoms with Crippen LogP contribution in [0.1, 0.15) is 48.3 Å². The predicted octanol–water partition coefficient (Wildman–Crippen LogP) is 2.62. The third-order valence-electron chi connectivity index (χ3n) is 4.13. The molecule has 0 saturated carbocycles. The second-order valence-corrected chi connectivity index (χ2v) is 5.86. The van der Waals surface area contributed by atoms with E-state index >= 15 is 0 Å². The summed E-state index contributed by atoms with van der Waals surface area (Å²) in [5.74, 6) is 0.00919. The van der Waals surface area contributed by atoms with Crippen molar-refractivity contribution in [2.45, 2.75) is 52.6 Å². The molecule has 2 heterocycles. The molecule has 126 valence electrons. The van der Waals surface area contributed by atoms with E-state index < -0.39 is 0 Å². The lowest BCUT2D eigenvalue weighted by atomic mass is 10.1. The van der Waals surface area contributed by atoms with Gasteiger partial charge >= 0.3 is 0 Å². The van der Waals surface area contributed by atoms with E-state index in [4.69, 9.17) is 5.26 Å². The van der Waals surface area contributed by atoms with E-state index in [0.29, 0.717) is 25.8 Å². The van der Waals surface area contributed by atoms with E-state index in [9.17, 15) is 4.79 Å². The number of amides is 1. The van der Waals surface area contributed by atoms with Gasteiger partial charge in [0.2, 0.25) is 5.91 Å². The smallest absolute Gasteiger partial charge is 0.220 e. The van der Waals surface area contributed by atoms with Crippen molar-refractivity contribution >= 4 is 5.91 Å². The average molecular weight is 325 g/mol. The van der Waals surface area contributed by atoms with E-state index in [-0.39, 0.29) is 11.9 Å². The van der Waals surface area contributed by atoms with Crippen molar-refractivity contribution in [1.29, 1.82) is 5.26 Å². The summed E-state index contributed by atoms with van der Waals surface area (Å²) >= 11 is 0. The van der Waals surface area contributed by atoms with Crippen LogP contribution < -0.4 is 5.32 Å². The molecule has 1 amide bonds. The number of pyridine rings is 1. The van der Waals surface area contributed by atoms with Gasteiger partial charge in [-0.1, -0.05) is 6.07 Å². The zero-order chi connectivity index (χ0) is 17.5. The molecule has 0 spiro atoms. The number of aromatic nitrogens is 3. The van der Waals surface area contributed by atoms with Crippen molar-refractivity contribution < 1.29 is 4.79 Å². The maximum absolute atomic E-state index is 12.2. The lowest BCUT2D eigenvalue weighted by Crippen LogP contribution is -2.27. The number of nitrogens with one attached hydrogen (secondary N) is 1. The Hall–Kier alpha value is -2.68. The highest BCUT2D eigenvalue weighted by molar-refractivity contribution is 5.76. The second kappa shape index (κ2) is 8.25. The number of nitriles is 1. The Morgan fingerprint density at radius 1 is 1.46 bits per heavy atom. The van der Waals surface area contributed by atoms with Crippen LogP contribution in [0.2, 0.25) is 0 Å². The van der Waals surface area contributed by atoms with Crippen molar-refractivity contribution in [2.75, 3.05) is 0 Å². The summed E-state index contributed by atoms with van der Waals surface area (Å²) < 4.78 is 1.85. The van der Waals surface area contributed by atoms with Crippen molar-refractivity contribution in [3.63, 3.8) is 0 Å². The Labute approximate surface area is 142 Å². The molecule has 0 aromatic carbocycles. The first kappa shape index (κ1) is 17.7. The first-order valence-corrected chi connectivity index (χ1v) is 8.12. The van der Waals surface area contributed by atoms with Crippen molar-refractivity contribution in [3.8, 4) is 6.07 Å². The lowest BCUT2D eigenvalue weighted by Gasteiger charge is -2.13. The third-order valence-corrected chi connectivity index (χ3v) is 4.13. The number of carbonyl (C=O) groups is 1. The molecule has 24 heavy (non-hydrogen) atoms. The molecular weight excluding hydrogens is 302 g/mol. The predicted molar refractivity (Wildman–Crippen MR) is 91.0 cm³/mol. The molecule has 1 atom stereocenters. The zero-order valence-corrected chi connectivity index (χ0v) is 14.4. The molecule has 6 nitrogen and oxygen atoms in total. The van der Waals surface area contributed by atoms with Gasteiger partial charge in [-0.05, 0) is 44.4 Å². The van der Waals surface area contributed by atoms with E-state index in [1.807, 2.05) is 37.6 Å². The Morgan fingerprint density at radius 2 is 2.25 bits per heavy atom. The number of hydrogen-bond donors (Lipinski definition) is 1. The van der Waals surface area contributed by atoms with E-state index in [2.05, 4.69) is 21.5 Å². The zero-order valence-electron chi connectivity index (χ0n) is 14.4. The van der Waals surface area contributed by atoms with Gasteiger partial charge < -0.3 is 5.32 Å². The van der Waals surface area contributed by atoms with Crippen LogP contribution in [0.4, 0.5) is 0 Å². The fraction of sp³-hybridized carbons (Fsp3) is 0.444. The molecule has 6 heteroatoms. The van der Waals surface area contributed by atoms with Gasteiger partial charge in [-0.25, -0.2) is 0 Å². The van der Waals surface area contributed by atoms with Gasteiger partial charge in [0.1, 0.15) is 0 Å². The van der Waals surface area contributed by atoms with Crippen LogP contribution in [0.15, 0.2) is 24.5 Å². The quantitative estimate of drug-likeness (QED) is 0.848. The highest BCUT2D eigenvalue weighted by atomic mass is 16.1. The third kappa shape index (κ3) is 4.42. The Morgan fingerprint density at radius 3 is 2.92 bits per heavy atom. The highest BCUT2D eigenvalue weighted by Crippen LogP contribution is 2.16. The summed E-state index contributed by atoms with van der Waals surface area (Å²) in [6.07, 6.45) is 4.97. The van der Waals surface area contributed by atoms with Crippen LogP contribution in [-0.4, -0.2) is 20.7 Å². The van der Waals surface area contributed by atoms with Crippen LogP contribution in [0.3, 0.4) is 0 Å². The van der Waals surface area contributed by atoms with Gasteiger partial charge in [0.05, 0.1) is 30.8 Å². The van der Waals surface area contributed by atoms with E-state index in [1.54, 1.807) is 12.4 Å². The van der Waals surface area contributed by atoms with E-state index in [0.717, 1.165) is 22.5 Å². The van der Waals surface area contributed by atoms with E-state index in [1.165, 1.54) is 0 Å². The van der Waals surface area contributed by atoms with Gasteiger partial charge in [0.25, 0.3) is 0 Å². The van der Waals surface area contributed by atoms with Gasteiger partial charge in [-0.15, -0.1) is 0 Å². The Balaban J connectivity index is 1.92. The maximum atomic E-state index is 12.2. The Bertz CT molecular complexity index is 730. The van der Waals surface area contributed by atoms with Crippen molar-refractivity contribution in [1.82, 2.24) is 20.1 Å². The summed E-state index contributed by atoms with van der Waals surface area (Å²) in [6, 6.07) is 5.88. The molecule has 2 rings (SSSR count). The minimum atomic E-state index is -0.0632. The number of hydrogen-bond acceptors (Lipinski definition) is 4. The first-order chi connectivity index (χ1) is 11.5. The molecule has 0 radical (unpaired) electrons. The van der Waals surface area contributed by atoms with Crippen LogP contribution in [-0.2, 0) is 17.8 Å². The van der Waals surface area contributed by atoms with Crippen LogP contribution in [0.5, 0.6) is 0 Å². The second-order valence-electron chi connectivity index (χ2n) is 5.86. The fourth-order valence-electron chi connectivity index (χ4n) is 2.74. The molecule has 0 saturated heterocycles. The molecule has 1 N–H and O–H groups in total. The SMILES string of the molecule is Cc1nn(CCC#N)c(C)c1CCC(=O)NC(C)c1cccnc1. The molecule has 1 unspecified atom stereocenters. The first-order valence-electron chi connectivity index (χ1n) is 8.12. The fourth-order valence-corrected chi connectivity index (χ4v) is 2.74. The number of carbonyl (C=O) groups excluding carboxylic acids is 1. The van der Waals surface area contributed by atoms with Crippen molar-refractivity contribution in [3.05, 3.63) is 47.0 Å². The average Bonchev–Trinajstić information content (AvgIpc) is 2.85. The minimum absolute atomic E-state index is 0.00919. The molecular formula is C18H23N5O. The lowest BCUT2D eigenvalue weighted by molar-refractivity contribution is -0.121. The highest BCUT2D eigenvalue weighted by Gasteiger charge is 2.14. The molecule has 0 aliphatic carbocycles. The molecule has 0 fully saturated rings. The summed E-state index contributed by atoms with van der Waals surface area (Å²) in [5, 5.41) is 16.2. The minimum Gasteiger partial charge on any atom is -0.350 e. The molecule has 0 aliphatic rings. The summed E-state index contributed by atoms with van der Waals surface area (Å²) in [7, 11) is 0. The standard InChI is InChI=1S/C18H23N5O/c1-13(16-6-4-10-20-12-16)21-18(24)8-7-17-14(2)22-23(15(17)3)11-5-9-19/h4,6,10,12-13H,5,7-8,11H2,1-3H3,(H,21,24). The number of aryl methyl sites for hydroxylation is 2. The van der Waals surface area contributed by atoms with Crippen LogP contribution in [0.25, 0.3) is 0 Å². The van der Waals surface area contributed by atoms with Gasteiger partial charge in [-0.2, -0.15) is 10.4 Å². The normalized spacial score (nSPS) is 11.8. The molecule has 0 aliphatic heterocycles. The summed E-state index contributed by atoms with van der Waals surface area (Å²) in [4.78, 5) is 16.3. The molecule has 2 aromatic rings. The van der Waals surface area contributed by atoms with Crippen LogP contribution >= 0.6 is 0 Å². The van der Waals surface area contributed by atoms with Crippen molar-refractivity contribution in [2.24, 2.45) is 0 Å². The topological polar surface area (TPSA) is 83.6 Å². The van der Waals surface area contributed by atoms with Crippen LogP contribution in [0, 0.1) is 25.2 Å². The maximum Gasteiger partial charge on any atom is 0.220 e. The number of nitrogens with zero attached hydrogens (tertiary/aromatic N) is 4. The Kier molecular flexibility index (Phi) is 6.07. The summed E-state index contributed by atoms with van der Waals surface area (Å²) in [5.41, 5.74) is 4.05. The van der Waals surface area contributed by atoms with Gasteiger partial charge in [0.15, 0.2) is 0 Å². The number of rotatable bonds is 7. The molecule has 0 bridgehead atoms. The summed E-state index contributed by atoms with van der Waals surface area (Å²) in [6.45, 7) is 6.48. The molecule has 2 aromatic heterocycles. The van der Waals surface area contributed by atoms with Gasteiger partial charge in [0, 0.05) is 24.5 Å².